The van der Waals surface area contributed by atoms with E-state index in [1.165, 1.54) is 24.1 Å². The summed E-state index contributed by atoms with van der Waals surface area (Å²) < 4.78 is 5.20. The summed E-state index contributed by atoms with van der Waals surface area (Å²) >= 11 is 0. The predicted octanol–water partition coefficient (Wildman–Crippen LogP) is 2.92. The van der Waals surface area contributed by atoms with Crippen molar-refractivity contribution in [2.24, 2.45) is 5.41 Å². The predicted molar refractivity (Wildman–Crippen MR) is 113 cm³/mol. The largest absolute Gasteiger partial charge is 0.383 e. The van der Waals surface area contributed by atoms with Crippen LogP contribution in [0.15, 0.2) is 24.3 Å². The van der Waals surface area contributed by atoms with Gasteiger partial charge in [0.15, 0.2) is 0 Å². The maximum absolute atomic E-state index is 13.2. The first-order valence-corrected chi connectivity index (χ1v) is 11.0. The maximum Gasteiger partial charge on any atom is 0.230 e. The summed E-state index contributed by atoms with van der Waals surface area (Å²) in [5.74, 6) is 0.385. The number of hydrogen-bond acceptors (Lipinski definition) is 4. The van der Waals surface area contributed by atoms with Crippen LogP contribution in [0.25, 0.3) is 0 Å². The Morgan fingerprint density at radius 1 is 1.07 bits per heavy atom. The van der Waals surface area contributed by atoms with Crippen molar-refractivity contribution in [3.05, 3.63) is 29.8 Å². The molecule has 28 heavy (non-hydrogen) atoms. The third-order valence-corrected chi connectivity index (χ3v) is 7.15. The van der Waals surface area contributed by atoms with Gasteiger partial charge in [-0.25, -0.2) is 0 Å². The van der Waals surface area contributed by atoms with Gasteiger partial charge >= 0.3 is 0 Å². The van der Waals surface area contributed by atoms with Crippen LogP contribution in [0.1, 0.15) is 37.7 Å². The van der Waals surface area contributed by atoms with E-state index in [4.69, 9.17) is 4.74 Å². The molecule has 3 aliphatic rings. The zero-order chi connectivity index (χ0) is 19.6. The van der Waals surface area contributed by atoms with Crippen LogP contribution >= 0.6 is 0 Å². The number of nitrogens with zero attached hydrogens (tertiary/aromatic N) is 3. The first kappa shape index (κ1) is 19.7. The van der Waals surface area contributed by atoms with E-state index in [1.807, 2.05) is 0 Å². The minimum absolute atomic E-state index is 0.125. The third kappa shape index (κ3) is 3.92. The molecule has 5 heteroatoms. The van der Waals surface area contributed by atoms with Crippen molar-refractivity contribution in [1.82, 2.24) is 9.80 Å². The number of carbonyl (C=O) groups is 1. The molecule has 4 rings (SSSR count). The average molecular weight is 386 g/mol. The molecule has 3 heterocycles. The highest BCUT2D eigenvalue weighted by atomic mass is 16.5. The van der Waals surface area contributed by atoms with Gasteiger partial charge < -0.3 is 14.5 Å². The highest BCUT2D eigenvalue weighted by Gasteiger charge is 2.49. The number of methoxy groups -OCH3 is 1. The lowest BCUT2D eigenvalue weighted by molar-refractivity contribution is -0.146. The molecule has 154 valence electrons. The Morgan fingerprint density at radius 3 is 2.54 bits per heavy atom. The number of aryl methyl sites for hydroxylation is 1. The SMILES string of the molecule is COCCN1CCC[C@@]2(CCN(C3CCN(c4ccc(C)cc4)CC3)C2)C1=O. The van der Waals surface area contributed by atoms with Gasteiger partial charge in [0.1, 0.15) is 0 Å². The summed E-state index contributed by atoms with van der Waals surface area (Å²) in [5, 5.41) is 0. The van der Waals surface area contributed by atoms with Crippen LogP contribution in [0.5, 0.6) is 0 Å². The van der Waals surface area contributed by atoms with E-state index in [0.717, 1.165) is 58.5 Å². The Morgan fingerprint density at radius 2 is 1.82 bits per heavy atom. The average Bonchev–Trinajstić information content (AvgIpc) is 3.15. The quantitative estimate of drug-likeness (QED) is 0.781. The number of anilines is 1. The number of rotatable bonds is 5. The molecule has 1 aromatic rings. The fourth-order valence-corrected chi connectivity index (χ4v) is 5.41. The minimum atomic E-state index is -0.125. The molecule has 1 spiro atoms. The summed E-state index contributed by atoms with van der Waals surface area (Å²) in [6.45, 7) is 8.70. The van der Waals surface area contributed by atoms with Gasteiger partial charge in [-0.2, -0.15) is 0 Å². The van der Waals surface area contributed by atoms with Crippen molar-refractivity contribution in [2.45, 2.75) is 45.1 Å². The number of piperidine rings is 2. The Bertz CT molecular complexity index is 669. The Kier molecular flexibility index (Phi) is 5.93. The third-order valence-electron chi connectivity index (χ3n) is 7.15. The number of amides is 1. The monoisotopic (exact) mass is 385 g/mol. The van der Waals surface area contributed by atoms with Crippen LogP contribution in [-0.4, -0.2) is 74.7 Å². The van der Waals surface area contributed by atoms with E-state index in [2.05, 4.69) is 45.9 Å². The fraction of sp³-hybridized carbons (Fsp3) is 0.696. The van der Waals surface area contributed by atoms with Crippen LogP contribution in [0.3, 0.4) is 0 Å². The molecule has 0 aliphatic carbocycles. The van der Waals surface area contributed by atoms with Crippen molar-refractivity contribution in [1.29, 1.82) is 0 Å². The minimum Gasteiger partial charge on any atom is -0.383 e. The highest BCUT2D eigenvalue weighted by Crippen LogP contribution is 2.41. The van der Waals surface area contributed by atoms with Crippen LogP contribution in [0.4, 0.5) is 5.69 Å². The topological polar surface area (TPSA) is 36.0 Å². The smallest absolute Gasteiger partial charge is 0.230 e. The molecule has 1 aromatic carbocycles. The second-order valence-corrected chi connectivity index (χ2v) is 8.94. The summed E-state index contributed by atoms with van der Waals surface area (Å²) in [4.78, 5) is 20.4. The lowest BCUT2D eigenvalue weighted by atomic mass is 9.78. The van der Waals surface area contributed by atoms with Gasteiger partial charge in [0, 0.05) is 51.6 Å². The normalized spacial score (nSPS) is 27.1. The molecule has 3 aliphatic heterocycles. The Hall–Kier alpha value is -1.59. The summed E-state index contributed by atoms with van der Waals surface area (Å²) in [6, 6.07) is 9.53. The lowest BCUT2D eigenvalue weighted by Crippen LogP contribution is -2.52. The highest BCUT2D eigenvalue weighted by molar-refractivity contribution is 5.84. The Labute approximate surface area is 169 Å². The van der Waals surface area contributed by atoms with Crippen LogP contribution < -0.4 is 4.90 Å². The van der Waals surface area contributed by atoms with Crippen LogP contribution in [-0.2, 0) is 9.53 Å². The van der Waals surface area contributed by atoms with E-state index in [9.17, 15) is 4.79 Å². The van der Waals surface area contributed by atoms with Crippen molar-refractivity contribution in [3.8, 4) is 0 Å². The zero-order valence-corrected chi connectivity index (χ0v) is 17.5. The molecule has 1 amide bonds. The van der Waals surface area contributed by atoms with Gasteiger partial charge in [0.2, 0.25) is 5.91 Å². The van der Waals surface area contributed by atoms with Gasteiger partial charge in [-0.3, -0.25) is 9.69 Å². The van der Waals surface area contributed by atoms with Gasteiger partial charge in [0.25, 0.3) is 0 Å². The standard InChI is InChI=1S/C23H35N3O2/c1-19-4-6-20(7-5-19)24-13-8-21(9-14-24)26-15-11-23(18-26)10-3-12-25(22(23)27)16-17-28-2/h4-7,21H,3,8-18H2,1-2H3/t23-/m0/s1. The molecule has 3 saturated heterocycles. The molecule has 0 saturated carbocycles. The molecule has 0 N–H and O–H groups in total. The summed E-state index contributed by atoms with van der Waals surface area (Å²) in [6.07, 6.45) is 5.63. The van der Waals surface area contributed by atoms with E-state index < -0.39 is 0 Å². The van der Waals surface area contributed by atoms with Crippen molar-refractivity contribution >= 4 is 11.6 Å². The maximum atomic E-state index is 13.2. The van der Waals surface area contributed by atoms with E-state index in [0.29, 0.717) is 18.6 Å². The van der Waals surface area contributed by atoms with E-state index in [-0.39, 0.29) is 5.41 Å². The number of ether oxygens (including phenoxy) is 1. The number of likely N-dealkylation sites (tertiary alicyclic amines) is 2. The van der Waals surface area contributed by atoms with Gasteiger partial charge in [0.05, 0.1) is 12.0 Å². The van der Waals surface area contributed by atoms with E-state index >= 15 is 0 Å². The molecule has 3 fully saturated rings. The van der Waals surface area contributed by atoms with Crippen molar-refractivity contribution in [2.75, 3.05) is 57.9 Å². The molecule has 0 aromatic heterocycles. The summed E-state index contributed by atoms with van der Waals surface area (Å²) in [7, 11) is 1.71. The molecule has 0 bridgehead atoms. The number of hydrogen-bond donors (Lipinski definition) is 0. The van der Waals surface area contributed by atoms with Crippen LogP contribution in [0.2, 0.25) is 0 Å². The summed E-state index contributed by atoms with van der Waals surface area (Å²) in [5.41, 5.74) is 2.54. The first-order valence-electron chi connectivity index (χ1n) is 11.0. The molecule has 0 radical (unpaired) electrons. The molecular weight excluding hydrogens is 350 g/mol. The number of carbonyl (C=O) groups excluding carboxylic acids is 1. The lowest BCUT2D eigenvalue weighted by Gasteiger charge is -2.41. The van der Waals surface area contributed by atoms with Crippen LogP contribution in [0, 0.1) is 12.3 Å². The van der Waals surface area contributed by atoms with Gasteiger partial charge in [-0.15, -0.1) is 0 Å². The van der Waals surface area contributed by atoms with Crippen molar-refractivity contribution in [3.63, 3.8) is 0 Å². The molecule has 5 nitrogen and oxygen atoms in total. The van der Waals surface area contributed by atoms with E-state index in [1.54, 1.807) is 7.11 Å². The van der Waals surface area contributed by atoms with Gasteiger partial charge in [-0.05, 0) is 57.7 Å². The first-order chi connectivity index (χ1) is 13.6. The Balaban J connectivity index is 1.33. The number of benzene rings is 1. The van der Waals surface area contributed by atoms with Gasteiger partial charge in [-0.1, -0.05) is 17.7 Å². The molecule has 1 atom stereocenters. The zero-order valence-electron chi connectivity index (χ0n) is 17.5. The molecular formula is C23H35N3O2. The molecule has 0 unspecified atom stereocenters. The second kappa shape index (κ2) is 8.42. The fourth-order valence-electron chi connectivity index (χ4n) is 5.41. The van der Waals surface area contributed by atoms with Crippen molar-refractivity contribution < 1.29 is 9.53 Å². The second-order valence-electron chi connectivity index (χ2n) is 8.94.